The van der Waals surface area contributed by atoms with E-state index < -0.39 is 0 Å². The fraction of sp³-hybridized carbons (Fsp3) is 1.00. The van der Waals surface area contributed by atoms with Crippen molar-refractivity contribution in [2.45, 2.75) is 58.0 Å². The predicted molar refractivity (Wildman–Crippen MR) is 52.6 cm³/mol. The van der Waals surface area contributed by atoms with Gasteiger partial charge in [-0.25, -0.2) is 0 Å². The van der Waals surface area contributed by atoms with Gasteiger partial charge in [-0.3, -0.25) is 0 Å². The normalized spacial score (nSPS) is 31.2. The lowest BCUT2D eigenvalue weighted by atomic mass is 10.1. The minimum Gasteiger partial charge on any atom is -0.373 e. The van der Waals surface area contributed by atoms with Crippen LogP contribution in [-0.2, 0) is 9.47 Å². The molecule has 0 radical (unpaired) electrons. The summed E-state index contributed by atoms with van der Waals surface area (Å²) in [4.78, 5) is 0. The minimum absolute atomic E-state index is 0.0740. The summed E-state index contributed by atoms with van der Waals surface area (Å²) >= 11 is 0. The molecule has 1 heterocycles. The van der Waals surface area contributed by atoms with E-state index in [0.717, 1.165) is 12.8 Å². The largest absolute Gasteiger partial charge is 0.373 e. The molecule has 3 nitrogen and oxygen atoms in total. The van der Waals surface area contributed by atoms with Gasteiger partial charge in [0.1, 0.15) is 0 Å². The van der Waals surface area contributed by atoms with Crippen LogP contribution in [0.3, 0.4) is 0 Å². The van der Waals surface area contributed by atoms with Crippen molar-refractivity contribution in [2.75, 3.05) is 6.54 Å². The molecule has 13 heavy (non-hydrogen) atoms. The van der Waals surface area contributed by atoms with E-state index >= 15 is 0 Å². The van der Waals surface area contributed by atoms with Gasteiger partial charge in [0.15, 0.2) is 0 Å². The van der Waals surface area contributed by atoms with Crippen LogP contribution in [0.5, 0.6) is 0 Å². The van der Waals surface area contributed by atoms with E-state index in [1.165, 1.54) is 0 Å². The summed E-state index contributed by atoms with van der Waals surface area (Å²) in [7, 11) is 0. The second-order valence-corrected chi connectivity index (χ2v) is 4.02. The highest BCUT2D eigenvalue weighted by Gasteiger charge is 2.29. The van der Waals surface area contributed by atoms with E-state index in [1.54, 1.807) is 0 Å². The summed E-state index contributed by atoms with van der Waals surface area (Å²) in [6, 6.07) is 0. The maximum absolute atomic E-state index is 5.71. The summed E-state index contributed by atoms with van der Waals surface area (Å²) in [5, 5.41) is 0. The number of hydrogen-bond donors (Lipinski definition) is 1. The first kappa shape index (κ1) is 11.0. The van der Waals surface area contributed by atoms with E-state index in [9.17, 15) is 0 Å². The van der Waals surface area contributed by atoms with Crippen LogP contribution in [0.2, 0.25) is 0 Å². The van der Waals surface area contributed by atoms with E-state index in [0.29, 0.717) is 12.6 Å². The third kappa shape index (κ3) is 3.25. The van der Waals surface area contributed by atoms with Gasteiger partial charge in [-0.15, -0.1) is 0 Å². The molecule has 0 aromatic rings. The van der Waals surface area contributed by atoms with Crippen LogP contribution >= 0.6 is 0 Å². The summed E-state index contributed by atoms with van der Waals surface area (Å²) in [5.41, 5.74) is 5.64. The molecular formula is C10H21NO2. The molecule has 1 aliphatic rings. The van der Waals surface area contributed by atoms with Crippen LogP contribution < -0.4 is 5.73 Å². The molecule has 0 aromatic heterocycles. The fourth-order valence-corrected chi connectivity index (χ4v) is 1.75. The van der Waals surface area contributed by atoms with Crippen molar-refractivity contribution in [1.82, 2.24) is 0 Å². The highest BCUT2D eigenvalue weighted by Crippen LogP contribution is 2.23. The number of nitrogens with two attached hydrogens (primary N) is 1. The Morgan fingerprint density at radius 3 is 2.54 bits per heavy atom. The first-order chi connectivity index (χ1) is 6.13. The molecule has 0 amide bonds. The second-order valence-electron chi connectivity index (χ2n) is 4.02. The zero-order valence-corrected chi connectivity index (χ0v) is 8.82. The molecule has 1 aliphatic heterocycles. The van der Waals surface area contributed by atoms with Crippen molar-refractivity contribution in [2.24, 2.45) is 5.73 Å². The van der Waals surface area contributed by atoms with Gasteiger partial charge in [0.2, 0.25) is 0 Å². The number of ether oxygens (including phenoxy) is 2. The minimum atomic E-state index is 0.0740. The van der Waals surface area contributed by atoms with Crippen molar-refractivity contribution in [1.29, 1.82) is 0 Å². The predicted octanol–water partition coefficient (Wildman–Crippen LogP) is 1.31. The molecule has 3 heteroatoms. The van der Waals surface area contributed by atoms with Crippen molar-refractivity contribution in [3.05, 3.63) is 0 Å². The van der Waals surface area contributed by atoms with Crippen molar-refractivity contribution in [3.8, 4) is 0 Å². The standard InChI is InChI=1S/C10H21NO2/c1-7(2)12-10(6-11)9-5-4-8(3)13-9/h7-10H,4-6,11H2,1-3H3. The van der Waals surface area contributed by atoms with Crippen LogP contribution in [0, 0.1) is 0 Å². The number of hydrogen-bond acceptors (Lipinski definition) is 3. The highest BCUT2D eigenvalue weighted by molar-refractivity contribution is 4.79. The summed E-state index contributed by atoms with van der Waals surface area (Å²) in [6.45, 7) is 6.71. The Balaban J connectivity index is 2.37. The van der Waals surface area contributed by atoms with Crippen molar-refractivity contribution < 1.29 is 9.47 Å². The van der Waals surface area contributed by atoms with Crippen LogP contribution in [0.1, 0.15) is 33.6 Å². The summed E-state index contributed by atoms with van der Waals surface area (Å²) in [6.07, 6.45) is 3.09. The maximum Gasteiger partial charge on any atom is 0.0962 e. The van der Waals surface area contributed by atoms with Crippen LogP contribution in [0.4, 0.5) is 0 Å². The molecule has 0 spiro atoms. The van der Waals surface area contributed by atoms with E-state index in [-0.39, 0.29) is 18.3 Å². The van der Waals surface area contributed by atoms with E-state index in [1.807, 2.05) is 13.8 Å². The SMILES string of the molecule is CC(C)OC(CN)C1CCC(C)O1. The fourth-order valence-electron chi connectivity index (χ4n) is 1.75. The lowest BCUT2D eigenvalue weighted by Gasteiger charge is -2.24. The lowest BCUT2D eigenvalue weighted by Crippen LogP contribution is -2.37. The Morgan fingerprint density at radius 1 is 1.46 bits per heavy atom. The van der Waals surface area contributed by atoms with Gasteiger partial charge in [0.25, 0.3) is 0 Å². The van der Waals surface area contributed by atoms with Gasteiger partial charge < -0.3 is 15.2 Å². The average Bonchev–Trinajstić information content (AvgIpc) is 2.47. The van der Waals surface area contributed by atoms with Crippen LogP contribution in [0.25, 0.3) is 0 Å². The Hall–Kier alpha value is -0.120. The molecule has 0 saturated carbocycles. The molecule has 1 fully saturated rings. The Kier molecular flexibility index (Phi) is 4.16. The Morgan fingerprint density at radius 2 is 2.15 bits per heavy atom. The Bertz CT molecular complexity index is 150. The molecule has 2 N–H and O–H groups in total. The highest BCUT2D eigenvalue weighted by atomic mass is 16.6. The van der Waals surface area contributed by atoms with Gasteiger partial charge in [-0.05, 0) is 33.6 Å². The molecule has 1 rings (SSSR count). The Labute approximate surface area is 80.6 Å². The third-order valence-corrected chi connectivity index (χ3v) is 2.36. The van der Waals surface area contributed by atoms with Gasteiger partial charge in [0, 0.05) is 6.54 Å². The van der Waals surface area contributed by atoms with E-state index in [2.05, 4.69) is 6.92 Å². The van der Waals surface area contributed by atoms with Gasteiger partial charge in [0.05, 0.1) is 24.4 Å². The summed E-state index contributed by atoms with van der Waals surface area (Å²) in [5.74, 6) is 0. The quantitative estimate of drug-likeness (QED) is 0.721. The topological polar surface area (TPSA) is 44.5 Å². The average molecular weight is 187 g/mol. The smallest absolute Gasteiger partial charge is 0.0962 e. The van der Waals surface area contributed by atoms with E-state index in [4.69, 9.17) is 15.2 Å². The third-order valence-electron chi connectivity index (χ3n) is 2.36. The summed E-state index contributed by atoms with van der Waals surface area (Å²) < 4.78 is 11.4. The first-order valence-electron chi connectivity index (χ1n) is 5.14. The van der Waals surface area contributed by atoms with Crippen molar-refractivity contribution >= 4 is 0 Å². The molecular weight excluding hydrogens is 166 g/mol. The molecule has 0 aliphatic carbocycles. The molecule has 3 atom stereocenters. The van der Waals surface area contributed by atoms with Gasteiger partial charge in [-0.1, -0.05) is 0 Å². The lowest BCUT2D eigenvalue weighted by molar-refractivity contribution is -0.0813. The monoisotopic (exact) mass is 187 g/mol. The molecule has 3 unspecified atom stereocenters. The first-order valence-corrected chi connectivity index (χ1v) is 5.14. The van der Waals surface area contributed by atoms with Crippen LogP contribution in [-0.4, -0.2) is 31.0 Å². The van der Waals surface area contributed by atoms with Crippen LogP contribution in [0.15, 0.2) is 0 Å². The second kappa shape index (κ2) is 4.94. The zero-order valence-electron chi connectivity index (χ0n) is 8.82. The van der Waals surface area contributed by atoms with Gasteiger partial charge >= 0.3 is 0 Å². The molecule has 0 aromatic carbocycles. The molecule has 78 valence electrons. The van der Waals surface area contributed by atoms with Crippen molar-refractivity contribution in [3.63, 3.8) is 0 Å². The molecule has 0 bridgehead atoms. The maximum atomic E-state index is 5.71. The molecule has 1 saturated heterocycles. The van der Waals surface area contributed by atoms with Gasteiger partial charge in [-0.2, -0.15) is 0 Å². The zero-order chi connectivity index (χ0) is 9.84. The number of rotatable bonds is 4.